The van der Waals surface area contributed by atoms with Gasteiger partial charge in [-0.15, -0.1) is 5.06 Å². The van der Waals surface area contributed by atoms with Crippen LogP contribution < -0.4 is 0 Å². The van der Waals surface area contributed by atoms with Crippen molar-refractivity contribution in [1.29, 1.82) is 0 Å². The highest BCUT2D eigenvalue weighted by atomic mass is 35.5. The van der Waals surface area contributed by atoms with Gasteiger partial charge in [0.25, 0.3) is 42.2 Å². The monoisotopic (exact) mass is 1070 g/mol. The number of amidine groups is 1. The number of nitrogens with zero attached hydrogens (tertiary/aromatic N) is 4. The van der Waals surface area contributed by atoms with Gasteiger partial charge >= 0.3 is 5.97 Å². The van der Waals surface area contributed by atoms with Crippen LogP contribution in [0.5, 0.6) is 0 Å². The summed E-state index contributed by atoms with van der Waals surface area (Å²) in [5.41, 5.74) is 5.06. The Balaban J connectivity index is 1.26. The predicted molar refractivity (Wildman–Crippen MR) is 274 cm³/mol. The molecule has 1 fully saturated rings. The fourth-order valence-corrected chi connectivity index (χ4v) is 11.3. The first-order valence-corrected chi connectivity index (χ1v) is 28.6. The van der Waals surface area contributed by atoms with Gasteiger partial charge < -0.3 is 9.74 Å². The standard InChI is InChI=1S/C51H57ClN4O13S3/c1-50(2)41-31-38(52)33-54(26-7-9-28-70(60,61)62)49(41)53-43(50)22-18-35(37-14-11-13-34(30-37)12-5-6-15-47(59)69-56-45(57)24-25-46(56)58)19-23-44-51(3,4)48-40-32-39(72(66,67)68)20-16-36(40)17-21-42(48)55(44)27-8-10-29-71(63,64)65/h11,13-14,16-23,30-33H,5-10,12,15,24-29H2,1-4H3,(H2-,60,61,62,63,64,65,66,67,68)/p+1. The zero-order valence-electron chi connectivity index (χ0n) is 40.4. The maximum atomic E-state index is 12.5. The smallest absolute Gasteiger partial charge is 0.331 e. The lowest BCUT2D eigenvalue weighted by atomic mass is 9.79. The number of carbonyl (C=O) groups is 3. The van der Waals surface area contributed by atoms with Crippen LogP contribution in [0, 0.1) is 5.41 Å². The van der Waals surface area contributed by atoms with Crippen LogP contribution in [-0.2, 0) is 61.4 Å². The maximum absolute atomic E-state index is 12.5. The van der Waals surface area contributed by atoms with Gasteiger partial charge in [0.2, 0.25) is 5.69 Å². The third-order valence-electron chi connectivity index (χ3n) is 13.2. The number of unbranched alkanes of at least 4 members (excludes halogenated alkanes) is 3. The molecule has 0 unspecified atom stereocenters. The van der Waals surface area contributed by atoms with Crippen molar-refractivity contribution in [2.45, 2.75) is 102 Å². The molecule has 1 saturated heterocycles. The fraction of sp³-hybridized carbons (Fsp3) is 0.392. The molecule has 3 aromatic carbocycles. The molecule has 3 N–H and O–H groups in total. The lowest BCUT2D eigenvalue weighted by Crippen LogP contribution is -2.32. The average molecular weight is 1070 g/mol. The van der Waals surface area contributed by atoms with E-state index < -0.39 is 64.7 Å². The number of benzene rings is 3. The molecule has 17 nitrogen and oxygen atoms in total. The van der Waals surface area contributed by atoms with Gasteiger partial charge in [-0.1, -0.05) is 61.9 Å². The van der Waals surface area contributed by atoms with Crippen molar-refractivity contribution < 1.29 is 62.7 Å². The van der Waals surface area contributed by atoms with Crippen LogP contribution in [0.2, 0.25) is 0 Å². The van der Waals surface area contributed by atoms with Gasteiger partial charge in [0.1, 0.15) is 12.4 Å². The van der Waals surface area contributed by atoms with Crippen LogP contribution in [-0.4, -0.2) is 107 Å². The van der Waals surface area contributed by atoms with Crippen LogP contribution >= 0.6 is 11.6 Å². The van der Waals surface area contributed by atoms with E-state index in [1.165, 1.54) is 12.1 Å². The number of halogens is 1. The highest BCUT2D eigenvalue weighted by molar-refractivity contribution is 7.86. The highest BCUT2D eigenvalue weighted by Gasteiger charge is 2.46. The minimum absolute atomic E-state index is 0.00454. The van der Waals surface area contributed by atoms with Crippen LogP contribution in [0.15, 0.2) is 117 Å². The minimum atomic E-state index is -4.55. The van der Waals surface area contributed by atoms with E-state index >= 15 is 0 Å². The number of aliphatic imine (C=N–C) groups is 1. The first-order chi connectivity index (χ1) is 33.7. The Bertz CT molecular complexity index is 3280. The van der Waals surface area contributed by atoms with Crippen molar-refractivity contribution in [1.82, 2.24) is 9.96 Å². The Hall–Kier alpha value is -5.61. The van der Waals surface area contributed by atoms with Crippen molar-refractivity contribution in [3.8, 4) is 0 Å². The van der Waals surface area contributed by atoms with E-state index in [1.54, 1.807) is 12.3 Å². The first kappa shape index (κ1) is 54.2. The van der Waals surface area contributed by atoms with Crippen LogP contribution in [0.4, 0.5) is 5.69 Å². The molecule has 72 heavy (non-hydrogen) atoms. The number of hydroxylamine groups is 2. The van der Waals surface area contributed by atoms with Crippen molar-refractivity contribution in [2.75, 3.05) is 24.6 Å². The van der Waals surface area contributed by atoms with Gasteiger partial charge in [0.05, 0.1) is 32.5 Å². The molecule has 3 aromatic rings. The summed E-state index contributed by atoms with van der Waals surface area (Å²) < 4.78 is 102. The van der Waals surface area contributed by atoms with Crippen molar-refractivity contribution in [3.05, 3.63) is 124 Å². The van der Waals surface area contributed by atoms with Gasteiger partial charge in [-0.05, 0) is 116 Å². The normalized spacial score (nSPS) is 18.6. The molecule has 0 aromatic heterocycles. The zero-order valence-corrected chi connectivity index (χ0v) is 43.6. The Morgan fingerprint density at radius 1 is 0.847 bits per heavy atom. The molecule has 0 atom stereocenters. The number of hydrogen-bond acceptors (Lipinski definition) is 12. The number of aryl methyl sites for hydroxylation is 1. The lowest BCUT2D eigenvalue weighted by molar-refractivity contribution is -0.438. The number of rotatable bonds is 21. The van der Waals surface area contributed by atoms with Crippen molar-refractivity contribution in [3.63, 3.8) is 0 Å². The third-order valence-corrected chi connectivity index (χ3v) is 15.9. The van der Waals surface area contributed by atoms with E-state index in [0.29, 0.717) is 72.2 Å². The van der Waals surface area contributed by atoms with Gasteiger partial charge in [-0.25, -0.2) is 9.79 Å². The molecule has 384 valence electrons. The summed E-state index contributed by atoms with van der Waals surface area (Å²) in [7, 11) is -12.9. The molecule has 0 saturated carbocycles. The third kappa shape index (κ3) is 12.8. The number of fused-ring (bicyclic) bond motifs is 4. The quantitative estimate of drug-likeness (QED) is 0.0298. The molecular formula is C51H58ClN4O13S3+. The summed E-state index contributed by atoms with van der Waals surface area (Å²) in [6.45, 7) is 8.81. The Kier molecular flexibility index (Phi) is 16.1. The molecule has 21 heteroatoms. The topological polar surface area (TPSA) is 245 Å². The second-order valence-corrected chi connectivity index (χ2v) is 24.3. The van der Waals surface area contributed by atoms with Crippen LogP contribution in [0.25, 0.3) is 16.3 Å². The van der Waals surface area contributed by atoms with E-state index in [1.807, 2.05) is 99.4 Å². The molecule has 0 spiro atoms. The van der Waals surface area contributed by atoms with Gasteiger partial charge in [0.15, 0.2) is 5.71 Å². The molecule has 0 bridgehead atoms. The molecule has 4 aliphatic rings. The molecular weight excluding hydrogens is 1010 g/mol. The number of allylic oxidation sites excluding steroid dienone is 8. The largest absolute Gasteiger partial charge is 0.333 e. The molecule has 4 heterocycles. The first-order valence-electron chi connectivity index (χ1n) is 23.5. The maximum Gasteiger partial charge on any atom is 0.333 e. The molecule has 7 rings (SSSR count). The lowest BCUT2D eigenvalue weighted by Gasteiger charge is -2.29. The van der Waals surface area contributed by atoms with E-state index in [4.69, 9.17) is 21.4 Å². The second kappa shape index (κ2) is 21.5. The molecule has 4 aliphatic heterocycles. The van der Waals surface area contributed by atoms with Crippen LogP contribution in [0.3, 0.4) is 0 Å². The summed E-state index contributed by atoms with van der Waals surface area (Å²) in [6, 6.07) is 16.1. The van der Waals surface area contributed by atoms with E-state index in [9.17, 15) is 53.3 Å². The highest BCUT2D eigenvalue weighted by Crippen LogP contribution is 2.47. The zero-order chi connectivity index (χ0) is 52.4. The van der Waals surface area contributed by atoms with E-state index in [-0.39, 0.29) is 42.8 Å². The summed E-state index contributed by atoms with van der Waals surface area (Å²) in [6.07, 6.45) is 14.3. The van der Waals surface area contributed by atoms with Crippen molar-refractivity contribution in [2.24, 2.45) is 10.4 Å². The van der Waals surface area contributed by atoms with Crippen LogP contribution in [0.1, 0.15) is 102 Å². The summed E-state index contributed by atoms with van der Waals surface area (Å²) >= 11 is 6.64. The summed E-state index contributed by atoms with van der Waals surface area (Å²) in [5, 5.41) is 2.37. The second-order valence-electron chi connectivity index (χ2n) is 19.3. The fourth-order valence-electron chi connectivity index (χ4n) is 9.48. The van der Waals surface area contributed by atoms with Gasteiger partial charge in [-0.2, -0.15) is 29.8 Å². The number of hydrogen-bond donors (Lipinski definition) is 3. The summed E-state index contributed by atoms with van der Waals surface area (Å²) in [4.78, 5) is 48.1. The van der Waals surface area contributed by atoms with Gasteiger partial charge in [-0.3, -0.25) is 23.2 Å². The average Bonchev–Trinajstić information content (AvgIpc) is 3.83. The summed E-state index contributed by atoms with van der Waals surface area (Å²) in [5.74, 6) is -1.89. The Morgan fingerprint density at radius 2 is 1.53 bits per heavy atom. The van der Waals surface area contributed by atoms with E-state index in [2.05, 4.69) is 4.58 Å². The molecule has 2 amide bonds. The Morgan fingerprint density at radius 3 is 2.21 bits per heavy atom. The molecule has 0 aliphatic carbocycles. The number of imide groups is 1. The van der Waals surface area contributed by atoms with E-state index in [0.717, 1.165) is 44.6 Å². The number of amides is 2. The Labute approximate surface area is 425 Å². The van der Waals surface area contributed by atoms with Gasteiger partial charge in [0, 0.05) is 67.1 Å². The number of carbonyl (C=O) groups excluding carboxylic acids is 3. The minimum Gasteiger partial charge on any atom is -0.331 e. The molecule has 0 radical (unpaired) electrons. The SMILES string of the molecule is CC1(C)C2=CC(Cl)=CN(CCCCS(=O)(=O)O)C2=N/C1=C/C=C(/C=C/C1=[N+](CCCCS(=O)(=O)O)c2ccc3ccc(S(=O)(=O)O)cc3c2C1(C)C)c1cccc(CCCCC(=O)ON2C(=O)CCC2=O)c1. The van der Waals surface area contributed by atoms with Crippen molar-refractivity contribution >= 4 is 93.3 Å². The predicted octanol–water partition coefficient (Wildman–Crippen LogP) is 8.40.